The van der Waals surface area contributed by atoms with Crippen molar-refractivity contribution in [3.8, 4) is 0 Å². The molecule has 7 heteroatoms. The van der Waals surface area contributed by atoms with Crippen molar-refractivity contribution in [1.29, 1.82) is 0 Å². The van der Waals surface area contributed by atoms with Gasteiger partial charge < -0.3 is 15.0 Å². The van der Waals surface area contributed by atoms with Gasteiger partial charge in [0.15, 0.2) is 5.13 Å². The molecule has 0 saturated carbocycles. The van der Waals surface area contributed by atoms with Crippen molar-refractivity contribution < 1.29 is 9.26 Å². The van der Waals surface area contributed by atoms with Crippen LogP contribution >= 0.6 is 11.3 Å². The smallest absolute Gasteiger partial charge is 0.226 e. The van der Waals surface area contributed by atoms with Gasteiger partial charge in [0.05, 0.1) is 5.69 Å². The normalized spacial score (nSPS) is 12.7. The van der Waals surface area contributed by atoms with Crippen LogP contribution in [0.2, 0.25) is 0 Å². The van der Waals surface area contributed by atoms with Crippen LogP contribution in [0.25, 0.3) is 0 Å². The van der Waals surface area contributed by atoms with E-state index in [2.05, 4.69) is 22.0 Å². The summed E-state index contributed by atoms with van der Waals surface area (Å²) in [7, 11) is 0. The Morgan fingerprint density at radius 2 is 2.19 bits per heavy atom. The Balaban J connectivity index is 1.84. The van der Waals surface area contributed by atoms with Crippen molar-refractivity contribution >= 4 is 16.5 Å². The second kappa shape index (κ2) is 8.09. The standard InChI is InChI=1S/C14H22N4O2S/c1-3-6-11(19-4-2)13-17-12(20-18-13)8-5-7-10-9-21-14(15)16-10/h9,11H,3-8H2,1-2H3,(H2,15,16). The van der Waals surface area contributed by atoms with Crippen LogP contribution in [0.4, 0.5) is 5.13 Å². The molecule has 0 aliphatic rings. The number of aryl methyl sites for hydroxylation is 2. The maximum Gasteiger partial charge on any atom is 0.226 e. The highest BCUT2D eigenvalue weighted by Crippen LogP contribution is 2.20. The predicted octanol–water partition coefficient (Wildman–Crippen LogP) is 3.16. The van der Waals surface area contributed by atoms with E-state index in [1.165, 1.54) is 11.3 Å². The number of thiazole rings is 1. The lowest BCUT2D eigenvalue weighted by atomic mass is 10.2. The minimum atomic E-state index is -0.0594. The van der Waals surface area contributed by atoms with Gasteiger partial charge in [-0.2, -0.15) is 4.98 Å². The average Bonchev–Trinajstić information content (AvgIpc) is 3.08. The molecule has 2 aromatic heterocycles. The van der Waals surface area contributed by atoms with E-state index in [9.17, 15) is 0 Å². The third-order valence-electron chi connectivity index (χ3n) is 3.08. The van der Waals surface area contributed by atoms with Crippen molar-refractivity contribution in [2.24, 2.45) is 0 Å². The Kier molecular flexibility index (Phi) is 6.13. The molecule has 0 amide bonds. The van der Waals surface area contributed by atoms with E-state index in [1.54, 1.807) is 0 Å². The van der Waals surface area contributed by atoms with Gasteiger partial charge in [-0.25, -0.2) is 4.98 Å². The van der Waals surface area contributed by atoms with Crippen LogP contribution in [-0.2, 0) is 17.6 Å². The summed E-state index contributed by atoms with van der Waals surface area (Å²) in [4.78, 5) is 8.67. The molecular weight excluding hydrogens is 288 g/mol. The van der Waals surface area contributed by atoms with E-state index >= 15 is 0 Å². The number of anilines is 1. The van der Waals surface area contributed by atoms with Gasteiger partial charge in [-0.1, -0.05) is 18.5 Å². The van der Waals surface area contributed by atoms with Crippen LogP contribution in [-0.4, -0.2) is 21.7 Å². The molecule has 2 heterocycles. The predicted molar refractivity (Wildman–Crippen MR) is 82.1 cm³/mol. The maximum atomic E-state index is 5.65. The lowest BCUT2D eigenvalue weighted by Crippen LogP contribution is -2.06. The first-order valence-electron chi connectivity index (χ1n) is 7.36. The molecule has 0 radical (unpaired) electrons. The van der Waals surface area contributed by atoms with Crippen LogP contribution in [0, 0.1) is 0 Å². The molecule has 0 fully saturated rings. The Hall–Kier alpha value is -1.47. The van der Waals surface area contributed by atoms with Gasteiger partial charge in [0.1, 0.15) is 6.10 Å². The molecule has 21 heavy (non-hydrogen) atoms. The highest BCUT2D eigenvalue weighted by atomic mass is 32.1. The van der Waals surface area contributed by atoms with Crippen LogP contribution < -0.4 is 5.73 Å². The molecule has 0 aliphatic carbocycles. The van der Waals surface area contributed by atoms with E-state index in [0.29, 0.717) is 23.5 Å². The summed E-state index contributed by atoms with van der Waals surface area (Å²) < 4.78 is 10.9. The second-order valence-electron chi connectivity index (χ2n) is 4.81. The number of nitrogen functional groups attached to an aromatic ring is 1. The number of hydrogen-bond donors (Lipinski definition) is 1. The summed E-state index contributed by atoms with van der Waals surface area (Å²) in [6.07, 6.45) is 4.41. The van der Waals surface area contributed by atoms with Gasteiger partial charge in [0.2, 0.25) is 11.7 Å². The second-order valence-corrected chi connectivity index (χ2v) is 5.70. The Bertz CT molecular complexity index is 535. The number of aromatic nitrogens is 3. The van der Waals surface area contributed by atoms with E-state index in [0.717, 1.165) is 37.8 Å². The molecule has 0 spiro atoms. The lowest BCUT2D eigenvalue weighted by Gasteiger charge is -2.11. The van der Waals surface area contributed by atoms with Gasteiger partial charge in [-0.05, 0) is 26.2 Å². The van der Waals surface area contributed by atoms with Crippen LogP contribution in [0.1, 0.15) is 56.6 Å². The highest BCUT2D eigenvalue weighted by molar-refractivity contribution is 7.13. The van der Waals surface area contributed by atoms with E-state index in [1.807, 2.05) is 12.3 Å². The zero-order valence-electron chi connectivity index (χ0n) is 12.5. The van der Waals surface area contributed by atoms with E-state index < -0.39 is 0 Å². The molecule has 2 N–H and O–H groups in total. The van der Waals surface area contributed by atoms with Crippen LogP contribution in [0.5, 0.6) is 0 Å². The van der Waals surface area contributed by atoms with E-state index in [-0.39, 0.29) is 6.10 Å². The minimum absolute atomic E-state index is 0.0594. The summed E-state index contributed by atoms with van der Waals surface area (Å²) >= 11 is 1.47. The number of rotatable bonds is 9. The fraction of sp³-hybridized carbons (Fsp3) is 0.643. The summed E-state index contributed by atoms with van der Waals surface area (Å²) in [6.45, 7) is 4.75. The Labute approximate surface area is 128 Å². The maximum absolute atomic E-state index is 5.65. The topological polar surface area (TPSA) is 87.1 Å². The number of hydrogen-bond acceptors (Lipinski definition) is 7. The molecule has 0 aromatic carbocycles. The van der Waals surface area contributed by atoms with Crippen LogP contribution in [0.3, 0.4) is 0 Å². The number of ether oxygens (including phenoxy) is 1. The molecule has 0 saturated heterocycles. The van der Waals surface area contributed by atoms with Crippen molar-refractivity contribution in [3.05, 3.63) is 22.8 Å². The lowest BCUT2D eigenvalue weighted by molar-refractivity contribution is 0.0478. The molecule has 0 aliphatic heterocycles. The van der Waals surface area contributed by atoms with Gasteiger partial charge in [0.25, 0.3) is 0 Å². The molecule has 6 nitrogen and oxygen atoms in total. The third kappa shape index (κ3) is 4.78. The van der Waals surface area contributed by atoms with Gasteiger partial charge >= 0.3 is 0 Å². The molecule has 1 atom stereocenters. The van der Waals surface area contributed by atoms with Crippen molar-refractivity contribution in [3.63, 3.8) is 0 Å². The van der Waals surface area contributed by atoms with Gasteiger partial charge in [-0.15, -0.1) is 11.3 Å². The zero-order valence-corrected chi connectivity index (χ0v) is 13.4. The summed E-state index contributed by atoms with van der Waals surface area (Å²) in [6, 6.07) is 0. The molecule has 1 unspecified atom stereocenters. The van der Waals surface area contributed by atoms with Crippen LogP contribution in [0.15, 0.2) is 9.90 Å². The molecule has 2 aromatic rings. The fourth-order valence-electron chi connectivity index (χ4n) is 2.11. The molecule has 0 bridgehead atoms. The minimum Gasteiger partial charge on any atom is -0.375 e. The SMILES string of the molecule is CCCC(OCC)c1noc(CCCc2csc(N)n2)n1. The fourth-order valence-corrected chi connectivity index (χ4v) is 2.71. The quantitative estimate of drug-likeness (QED) is 0.765. The van der Waals surface area contributed by atoms with Gasteiger partial charge in [-0.3, -0.25) is 0 Å². The largest absolute Gasteiger partial charge is 0.375 e. The molecule has 2 rings (SSSR count). The molecule has 116 valence electrons. The first kappa shape index (κ1) is 15.9. The van der Waals surface area contributed by atoms with E-state index in [4.69, 9.17) is 15.0 Å². The first-order chi connectivity index (χ1) is 10.2. The zero-order chi connectivity index (χ0) is 15.1. The van der Waals surface area contributed by atoms with Crippen molar-refractivity contribution in [2.75, 3.05) is 12.3 Å². The Morgan fingerprint density at radius 1 is 1.33 bits per heavy atom. The number of nitrogens with zero attached hydrogens (tertiary/aromatic N) is 3. The molecular formula is C14H22N4O2S. The highest BCUT2D eigenvalue weighted by Gasteiger charge is 2.17. The van der Waals surface area contributed by atoms with Crippen molar-refractivity contribution in [1.82, 2.24) is 15.1 Å². The Morgan fingerprint density at radius 3 is 2.86 bits per heavy atom. The summed E-state index contributed by atoms with van der Waals surface area (Å²) in [5.41, 5.74) is 6.63. The average molecular weight is 310 g/mol. The third-order valence-corrected chi connectivity index (χ3v) is 3.81. The summed E-state index contributed by atoms with van der Waals surface area (Å²) in [5.74, 6) is 1.32. The monoisotopic (exact) mass is 310 g/mol. The van der Waals surface area contributed by atoms with Crippen molar-refractivity contribution in [2.45, 2.75) is 52.1 Å². The summed E-state index contributed by atoms with van der Waals surface area (Å²) in [5, 5.41) is 6.64. The number of nitrogens with two attached hydrogens (primary N) is 1. The van der Waals surface area contributed by atoms with Gasteiger partial charge in [0, 0.05) is 18.4 Å². The first-order valence-corrected chi connectivity index (χ1v) is 8.24.